The first kappa shape index (κ1) is 14.3. The van der Waals surface area contributed by atoms with Gasteiger partial charge in [-0.25, -0.2) is 4.98 Å². The summed E-state index contributed by atoms with van der Waals surface area (Å²) in [6, 6.07) is 0.551. The van der Waals surface area contributed by atoms with Gasteiger partial charge in [-0.3, -0.25) is 9.58 Å². The molecule has 1 aliphatic heterocycles. The van der Waals surface area contributed by atoms with E-state index in [0.717, 1.165) is 12.2 Å². The molecule has 0 spiro atoms. The highest BCUT2D eigenvalue weighted by atomic mass is 15.3. The van der Waals surface area contributed by atoms with Crippen molar-refractivity contribution in [3.63, 3.8) is 0 Å². The van der Waals surface area contributed by atoms with Gasteiger partial charge in [0, 0.05) is 31.4 Å². The smallest absolute Gasteiger partial charge is 0.0951 e. The van der Waals surface area contributed by atoms with E-state index in [1.165, 1.54) is 43.6 Å². The summed E-state index contributed by atoms with van der Waals surface area (Å²) in [6.07, 6.45) is 10.0. The molecule has 0 amide bonds. The van der Waals surface area contributed by atoms with Gasteiger partial charge in [0.2, 0.25) is 0 Å². The van der Waals surface area contributed by atoms with Crippen molar-refractivity contribution in [3.05, 3.63) is 24.4 Å². The summed E-state index contributed by atoms with van der Waals surface area (Å²) in [7, 11) is 1.97. The standard InChI is InChI=1S/C16H25N5/c1-13(20-7-5-4-6-8-20)10-21-12-17-9-16(21)15-11-19(3)18-14(15)2/h9,11-13H,4-8,10H2,1-3H3. The van der Waals surface area contributed by atoms with Crippen molar-refractivity contribution in [1.29, 1.82) is 0 Å². The molecule has 0 N–H and O–H groups in total. The van der Waals surface area contributed by atoms with Gasteiger partial charge >= 0.3 is 0 Å². The van der Waals surface area contributed by atoms with E-state index in [9.17, 15) is 0 Å². The van der Waals surface area contributed by atoms with Crippen LogP contribution >= 0.6 is 0 Å². The monoisotopic (exact) mass is 287 g/mol. The molecule has 1 fully saturated rings. The molecule has 1 atom stereocenters. The van der Waals surface area contributed by atoms with E-state index in [4.69, 9.17) is 0 Å². The predicted molar refractivity (Wildman–Crippen MR) is 84.1 cm³/mol. The van der Waals surface area contributed by atoms with E-state index in [-0.39, 0.29) is 0 Å². The van der Waals surface area contributed by atoms with Gasteiger partial charge in [0.1, 0.15) is 0 Å². The Labute approximate surface area is 126 Å². The summed E-state index contributed by atoms with van der Waals surface area (Å²) in [5.41, 5.74) is 3.41. The zero-order valence-electron chi connectivity index (χ0n) is 13.3. The normalized spacial score (nSPS) is 18.0. The Morgan fingerprint density at radius 2 is 2.00 bits per heavy atom. The maximum absolute atomic E-state index is 4.44. The molecule has 1 saturated heterocycles. The van der Waals surface area contributed by atoms with Crippen LogP contribution in [0.2, 0.25) is 0 Å². The van der Waals surface area contributed by atoms with Crippen LogP contribution < -0.4 is 0 Å². The fraction of sp³-hybridized carbons (Fsp3) is 0.625. The Morgan fingerprint density at radius 1 is 1.24 bits per heavy atom. The molecule has 0 radical (unpaired) electrons. The largest absolute Gasteiger partial charge is 0.329 e. The second kappa shape index (κ2) is 6.02. The van der Waals surface area contributed by atoms with Crippen LogP contribution in [0.15, 0.2) is 18.7 Å². The molecule has 0 aromatic carbocycles. The minimum absolute atomic E-state index is 0.551. The van der Waals surface area contributed by atoms with Crippen LogP contribution in [0.25, 0.3) is 11.3 Å². The molecule has 1 aliphatic rings. The van der Waals surface area contributed by atoms with Crippen LogP contribution in [0.1, 0.15) is 31.9 Å². The zero-order chi connectivity index (χ0) is 14.8. The number of likely N-dealkylation sites (tertiary alicyclic amines) is 1. The second-order valence-electron chi connectivity index (χ2n) is 6.18. The van der Waals surface area contributed by atoms with E-state index in [1.807, 2.05) is 24.3 Å². The van der Waals surface area contributed by atoms with Crippen LogP contribution in [-0.2, 0) is 13.6 Å². The topological polar surface area (TPSA) is 38.9 Å². The Morgan fingerprint density at radius 3 is 2.67 bits per heavy atom. The lowest BCUT2D eigenvalue weighted by Crippen LogP contribution is -2.39. The van der Waals surface area contributed by atoms with Crippen LogP contribution in [0, 0.1) is 6.92 Å². The van der Waals surface area contributed by atoms with Crippen molar-refractivity contribution >= 4 is 0 Å². The average molecular weight is 287 g/mol. The molecule has 0 bridgehead atoms. The highest BCUT2D eigenvalue weighted by Crippen LogP contribution is 2.23. The Bertz CT molecular complexity index is 592. The zero-order valence-corrected chi connectivity index (χ0v) is 13.3. The number of hydrogen-bond donors (Lipinski definition) is 0. The van der Waals surface area contributed by atoms with Gasteiger partial charge in [0.05, 0.1) is 23.9 Å². The Kier molecular flexibility index (Phi) is 4.10. The predicted octanol–water partition coefficient (Wildman–Crippen LogP) is 2.47. The van der Waals surface area contributed by atoms with Crippen LogP contribution in [0.4, 0.5) is 0 Å². The molecule has 0 saturated carbocycles. The Hall–Kier alpha value is -1.62. The number of piperidine rings is 1. The third-order valence-electron chi connectivity index (χ3n) is 4.48. The van der Waals surface area contributed by atoms with Gasteiger partial charge in [-0.2, -0.15) is 5.10 Å². The number of aromatic nitrogens is 4. The lowest BCUT2D eigenvalue weighted by Gasteiger charge is -2.32. The summed E-state index contributed by atoms with van der Waals surface area (Å²) in [5.74, 6) is 0. The van der Waals surface area contributed by atoms with Crippen molar-refractivity contribution in [1.82, 2.24) is 24.2 Å². The molecule has 3 heterocycles. The van der Waals surface area contributed by atoms with Gasteiger partial charge in [-0.05, 0) is 39.8 Å². The van der Waals surface area contributed by atoms with Crippen LogP contribution in [0.3, 0.4) is 0 Å². The molecule has 5 heteroatoms. The van der Waals surface area contributed by atoms with Crippen molar-refractivity contribution in [2.45, 2.75) is 45.7 Å². The molecule has 0 aliphatic carbocycles. The first-order valence-electron chi connectivity index (χ1n) is 7.90. The lowest BCUT2D eigenvalue weighted by molar-refractivity contribution is 0.160. The van der Waals surface area contributed by atoms with E-state index in [2.05, 4.69) is 39.6 Å². The second-order valence-corrected chi connectivity index (χ2v) is 6.18. The van der Waals surface area contributed by atoms with Crippen LogP contribution in [0.5, 0.6) is 0 Å². The summed E-state index contributed by atoms with van der Waals surface area (Å²) in [4.78, 5) is 6.96. The SMILES string of the molecule is Cc1nn(C)cc1-c1cncn1CC(C)N1CCCCC1. The molecule has 3 rings (SSSR count). The highest BCUT2D eigenvalue weighted by Gasteiger charge is 2.19. The molecule has 1 unspecified atom stereocenters. The lowest BCUT2D eigenvalue weighted by atomic mass is 10.1. The van der Waals surface area contributed by atoms with E-state index in [0.29, 0.717) is 6.04 Å². The van der Waals surface area contributed by atoms with E-state index in [1.54, 1.807) is 0 Å². The molecule has 2 aromatic rings. The first-order valence-corrected chi connectivity index (χ1v) is 7.90. The maximum atomic E-state index is 4.44. The van der Waals surface area contributed by atoms with Gasteiger partial charge in [0.15, 0.2) is 0 Å². The number of aryl methyl sites for hydroxylation is 2. The van der Waals surface area contributed by atoms with Crippen molar-refractivity contribution < 1.29 is 0 Å². The average Bonchev–Trinajstić information content (AvgIpc) is 3.05. The summed E-state index contributed by atoms with van der Waals surface area (Å²) >= 11 is 0. The van der Waals surface area contributed by atoms with E-state index < -0.39 is 0 Å². The Balaban J connectivity index is 1.77. The summed E-state index contributed by atoms with van der Waals surface area (Å²) < 4.78 is 4.14. The molecule has 5 nitrogen and oxygen atoms in total. The van der Waals surface area contributed by atoms with Crippen LogP contribution in [-0.4, -0.2) is 43.4 Å². The van der Waals surface area contributed by atoms with Gasteiger partial charge in [-0.15, -0.1) is 0 Å². The molecule has 114 valence electrons. The maximum Gasteiger partial charge on any atom is 0.0951 e. The summed E-state index contributed by atoms with van der Waals surface area (Å²) in [5, 5.41) is 4.44. The molecule has 21 heavy (non-hydrogen) atoms. The number of hydrogen-bond acceptors (Lipinski definition) is 3. The minimum atomic E-state index is 0.551. The number of imidazole rings is 1. The third-order valence-corrected chi connectivity index (χ3v) is 4.48. The molecular weight excluding hydrogens is 262 g/mol. The van der Waals surface area contributed by atoms with Crippen molar-refractivity contribution in [2.75, 3.05) is 13.1 Å². The van der Waals surface area contributed by atoms with E-state index >= 15 is 0 Å². The fourth-order valence-corrected chi connectivity index (χ4v) is 3.30. The molecule has 2 aromatic heterocycles. The van der Waals surface area contributed by atoms with Crippen molar-refractivity contribution in [2.24, 2.45) is 7.05 Å². The van der Waals surface area contributed by atoms with Gasteiger partial charge in [0.25, 0.3) is 0 Å². The molecular formula is C16H25N5. The van der Waals surface area contributed by atoms with Gasteiger partial charge in [-0.1, -0.05) is 6.42 Å². The van der Waals surface area contributed by atoms with Gasteiger partial charge < -0.3 is 4.57 Å². The van der Waals surface area contributed by atoms with Crippen molar-refractivity contribution in [3.8, 4) is 11.3 Å². The summed E-state index contributed by atoms with van der Waals surface area (Å²) in [6.45, 7) is 7.84. The minimum Gasteiger partial charge on any atom is -0.329 e. The quantitative estimate of drug-likeness (QED) is 0.867. The third kappa shape index (κ3) is 3.02. The fourth-order valence-electron chi connectivity index (χ4n) is 3.30. The highest BCUT2D eigenvalue weighted by molar-refractivity contribution is 5.60. The first-order chi connectivity index (χ1) is 10.1. The number of nitrogens with zero attached hydrogens (tertiary/aromatic N) is 5. The number of rotatable bonds is 4.